The van der Waals surface area contributed by atoms with Gasteiger partial charge in [-0.05, 0) is 12.1 Å². The van der Waals surface area contributed by atoms with Crippen molar-refractivity contribution < 1.29 is 8.78 Å². The lowest BCUT2D eigenvalue weighted by molar-refractivity contribution is 0.141. The van der Waals surface area contributed by atoms with Crippen LogP contribution in [-0.2, 0) is 0 Å². The minimum atomic E-state index is -2.70. The highest BCUT2D eigenvalue weighted by Gasteiger charge is 2.14. The first-order valence-electron chi connectivity index (χ1n) is 4.94. The molecule has 1 N–H and O–H groups in total. The van der Waals surface area contributed by atoms with E-state index in [0.717, 1.165) is 0 Å². The van der Waals surface area contributed by atoms with Crippen LogP contribution in [-0.4, -0.2) is 16.5 Å². The topological polar surface area (TPSA) is 37.8 Å². The number of nitrogens with zero attached hydrogens (tertiary/aromatic N) is 2. The first-order chi connectivity index (χ1) is 8.22. The third kappa shape index (κ3) is 2.31. The Kier molecular flexibility index (Phi) is 3.15. The largest absolute Gasteiger partial charge is 0.359 e. The Morgan fingerprint density at radius 3 is 2.76 bits per heavy atom. The second-order valence-corrected chi connectivity index (χ2v) is 3.31. The number of nitrogens with one attached hydrogen (secondary N) is 1. The first kappa shape index (κ1) is 11.3. The molecule has 1 aromatic heterocycles. The zero-order valence-corrected chi connectivity index (χ0v) is 8.82. The van der Waals surface area contributed by atoms with Gasteiger partial charge in [0.05, 0.1) is 12.1 Å². The van der Waals surface area contributed by atoms with Crippen molar-refractivity contribution in [1.29, 1.82) is 0 Å². The molecule has 86 valence electrons. The van der Waals surface area contributed by atoms with Crippen LogP contribution in [0, 0.1) is 12.3 Å². The summed E-state index contributed by atoms with van der Waals surface area (Å²) < 4.78 is 25.2. The van der Waals surface area contributed by atoms with E-state index < -0.39 is 12.2 Å². The standard InChI is InChI=1S/C12H9F2N3/c1-2-7-15-11-8-5-3-4-6-9(8)16-12(17-11)10(13)14/h1,3-6,10H,7H2,(H,15,16,17). The van der Waals surface area contributed by atoms with E-state index in [0.29, 0.717) is 16.7 Å². The number of fused-ring (bicyclic) bond motifs is 1. The van der Waals surface area contributed by atoms with Crippen LogP contribution in [0.2, 0.25) is 0 Å². The summed E-state index contributed by atoms with van der Waals surface area (Å²) in [6.07, 6.45) is 2.41. The van der Waals surface area contributed by atoms with Crippen LogP contribution < -0.4 is 5.32 Å². The number of rotatable bonds is 3. The van der Waals surface area contributed by atoms with Gasteiger partial charge in [0.15, 0.2) is 5.82 Å². The van der Waals surface area contributed by atoms with Gasteiger partial charge in [-0.1, -0.05) is 18.1 Å². The number of hydrogen-bond donors (Lipinski definition) is 1. The maximum absolute atomic E-state index is 12.6. The summed E-state index contributed by atoms with van der Waals surface area (Å²) in [5.74, 6) is 2.21. The molecule has 0 saturated heterocycles. The van der Waals surface area contributed by atoms with E-state index in [2.05, 4.69) is 21.2 Å². The molecule has 17 heavy (non-hydrogen) atoms. The molecule has 3 nitrogen and oxygen atoms in total. The average Bonchev–Trinajstić information content (AvgIpc) is 2.35. The molecule has 0 bridgehead atoms. The van der Waals surface area contributed by atoms with E-state index >= 15 is 0 Å². The van der Waals surface area contributed by atoms with Gasteiger partial charge in [0.1, 0.15) is 5.82 Å². The molecule has 0 unspecified atom stereocenters. The number of benzene rings is 1. The van der Waals surface area contributed by atoms with Gasteiger partial charge in [-0.2, -0.15) is 0 Å². The molecule has 0 fully saturated rings. The Hall–Kier alpha value is -2.22. The zero-order valence-electron chi connectivity index (χ0n) is 8.82. The van der Waals surface area contributed by atoms with Crippen LogP contribution in [0.4, 0.5) is 14.6 Å². The normalized spacial score (nSPS) is 10.5. The first-order valence-corrected chi connectivity index (χ1v) is 4.94. The minimum Gasteiger partial charge on any atom is -0.359 e. The molecule has 0 radical (unpaired) electrons. The third-order valence-corrected chi connectivity index (χ3v) is 2.17. The highest BCUT2D eigenvalue weighted by atomic mass is 19.3. The molecule has 2 rings (SSSR count). The Balaban J connectivity index is 2.57. The third-order valence-electron chi connectivity index (χ3n) is 2.17. The van der Waals surface area contributed by atoms with Crippen molar-refractivity contribution in [2.45, 2.75) is 6.43 Å². The summed E-state index contributed by atoms with van der Waals surface area (Å²) in [5, 5.41) is 3.49. The lowest BCUT2D eigenvalue weighted by atomic mass is 10.2. The predicted octanol–water partition coefficient (Wildman–Crippen LogP) is 2.61. The van der Waals surface area contributed by atoms with Gasteiger partial charge in [0.2, 0.25) is 0 Å². The number of hydrogen-bond acceptors (Lipinski definition) is 3. The maximum Gasteiger partial charge on any atom is 0.297 e. The van der Waals surface area contributed by atoms with Crippen LogP contribution in [0.25, 0.3) is 10.9 Å². The van der Waals surface area contributed by atoms with Gasteiger partial charge in [-0.3, -0.25) is 0 Å². The second kappa shape index (κ2) is 4.74. The summed E-state index contributed by atoms with van der Waals surface area (Å²) in [6.45, 7) is 0.226. The quantitative estimate of drug-likeness (QED) is 0.828. The van der Waals surface area contributed by atoms with E-state index in [1.54, 1.807) is 24.3 Å². The Morgan fingerprint density at radius 1 is 1.29 bits per heavy atom. The van der Waals surface area contributed by atoms with Crippen molar-refractivity contribution in [2.24, 2.45) is 0 Å². The van der Waals surface area contributed by atoms with Crippen molar-refractivity contribution in [1.82, 2.24) is 9.97 Å². The fourth-order valence-corrected chi connectivity index (χ4v) is 1.46. The maximum atomic E-state index is 12.6. The predicted molar refractivity (Wildman–Crippen MR) is 61.8 cm³/mol. The van der Waals surface area contributed by atoms with E-state index in [4.69, 9.17) is 6.42 Å². The summed E-state index contributed by atoms with van der Waals surface area (Å²) >= 11 is 0. The fraction of sp³-hybridized carbons (Fsp3) is 0.167. The molecular weight excluding hydrogens is 224 g/mol. The fourth-order valence-electron chi connectivity index (χ4n) is 1.46. The van der Waals surface area contributed by atoms with E-state index in [9.17, 15) is 8.78 Å². The van der Waals surface area contributed by atoms with Crippen molar-refractivity contribution >= 4 is 16.7 Å². The van der Waals surface area contributed by atoms with Crippen LogP contribution >= 0.6 is 0 Å². The average molecular weight is 233 g/mol. The Morgan fingerprint density at radius 2 is 2.06 bits per heavy atom. The van der Waals surface area contributed by atoms with Crippen LogP contribution in [0.5, 0.6) is 0 Å². The Bertz CT molecular complexity index is 575. The number of para-hydroxylation sites is 1. The smallest absolute Gasteiger partial charge is 0.297 e. The highest BCUT2D eigenvalue weighted by molar-refractivity contribution is 5.89. The van der Waals surface area contributed by atoms with Crippen LogP contribution in [0.1, 0.15) is 12.2 Å². The number of aromatic nitrogens is 2. The molecule has 0 aliphatic carbocycles. The van der Waals surface area contributed by atoms with Crippen molar-refractivity contribution in [3.8, 4) is 12.3 Å². The lowest BCUT2D eigenvalue weighted by Gasteiger charge is -2.08. The van der Waals surface area contributed by atoms with Gasteiger partial charge in [-0.25, -0.2) is 18.7 Å². The van der Waals surface area contributed by atoms with Gasteiger partial charge in [0.25, 0.3) is 6.43 Å². The number of anilines is 1. The molecule has 0 amide bonds. The molecule has 2 aromatic rings. The summed E-state index contributed by atoms with van der Waals surface area (Å²) in [4.78, 5) is 7.56. The lowest BCUT2D eigenvalue weighted by Crippen LogP contribution is -2.05. The molecule has 0 aliphatic heterocycles. The second-order valence-electron chi connectivity index (χ2n) is 3.31. The molecule has 5 heteroatoms. The molecule has 0 spiro atoms. The number of alkyl halides is 2. The number of terminal acetylenes is 1. The number of halogens is 2. The van der Waals surface area contributed by atoms with Gasteiger partial charge in [0, 0.05) is 5.39 Å². The van der Waals surface area contributed by atoms with Crippen LogP contribution in [0.3, 0.4) is 0 Å². The van der Waals surface area contributed by atoms with Gasteiger partial charge >= 0.3 is 0 Å². The van der Waals surface area contributed by atoms with Crippen molar-refractivity contribution in [3.63, 3.8) is 0 Å². The SMILES string of the molecule is C#CCNc1nc(C(F)F)nc2ccccc12. The van der Waals surface area contributed by atoms with Crippen molar-refractivity contribution in [2.75, 3.05) is 11.9 Å². The molecule has 1 aromatic carbocycles. The monoisotopic (exact) mass is 233 g/mol. The summed E-state index contributed by atoms with van der Waals surface area (Å²) in [5.41, 5.74) is 0.470. The van der Waals surface area contributed by atoms with Gasteiger partial charge < -0.3 is 5.32 Å². The minimum absolute atomic E-state index is 0.226. The summed E-state index contributed by atoms with van der Waals surface area (Å²) in [6, 6.07) is 6.93. The molecule has 0 saturated carbocycles. The Labute approximate surface area is 96.9 Å². The van der Waals surface area contributed by atoms with E-state index in [1.807, 2.05) is 0 Å². The highest BCUT2D eigenvalue weighted by Crippen LogP contribution is 2.23. The molecule has 0 atom stereocenters. The van der Waals surface area contributed by atoms with E-state index in [1.165, 1.54) is 0 Å². The zero-order chi connectivity index (χ0) is 12.3. The van der Waals surface area contributed by atoms with Crippen LogP contribution in [0.15, 0.2) is 24.3 Å². The molecule has 1 heterocycles. The van der Waals surface area contributed by atoms with Crippen molar-refractivity contribution in [3.05, 3.63) is 30.1 Å². The molecular formula is C12H9F2N3. The van der Waals surface area contributed by atoms with Gasteiger partial charge in [-0.15, -0.1) is 6.42 Å². The molecule has 0 aliphatic rings. The van der Waals surface area contributed by atoms with E-state index in [-0.39, 0.29) is 6.54 Å². The summed E-state index contributed by atoms with van der Waals surface area (Å²) in [7, 11) is 0.